The zero-order valence-corrected chi connectivity index (χ0v) is 17.4. The summed E-state index contributed by atoms with van der Waals surface area (Å²) >= 11 is 0. The zero-order valence-electron chi connectivity index (χ0n) is 17.4. The Labute approximate surface area is 179 Å². The highest BCUT2D eigenvalue weighted by atomic mass is 16.5. The van der Waals surface area contributed by atoms with E-state index in [2.05, 4.69) is 10.3 Å². The van der Waals surface area contributed by atoms with Crippen molar-refractivity contribution in [3.8, 4) is 11.5 Å². The first-order chi connectivity index (χ1) is 15.1. The normalized spacial score (nSPS) is 15.7. The Hall–Kier alpha value is -3.75. The van der Waals surface area contributed by atoms with Gasteiger partial charge in [0.15, 0.2) is 11.5 Å². The lowest BCUT2D eigenvalue weighted by Crippen LogP contribution is -2.43. The number of carbonyl (C=O) groups excluding carboxylic acids is 2. The Kier molecular flexibility index (Phi) is 5.92. The minimum Gasteiger partial charge on any atom is -0.493 e. The Balaban J connectivity index is 1.46. The molecule has 4 rings (SSSR count). The first-order valence-electron chi connectivity index (χ1n) is 9.98. The van der Waals surface area contributed by atoms with Crippen LogP contribution in [0.15, 0.2) is 48.8 Å². The van der Waals surface area contributed by atoms with E-state index in [0.717, 1.165) is 17.8 Å². The maximum atomic E-state index is 12.7. The molecule has 9 nitrogen and oxygen atoms in total. The van der Waals surface area contributed by atoms with Crippen LogP contribution in [0.2, 0.25) is 0 Å². The van der Waals surface area contributed by atoms with Crippen molar-refractivity contribution < 1.29 is 23.8 Å². The smallest absolute Gasteiger partial charge is 0.410 e. The van der Waals surface area contributed by atoms with Crippen LogP contribution in [-0.2, 0) is 16.1 Å². The highest BCUT2D eigenvalue weighted by Gasteiger charge is 2.34. The molecule has 1 aliphatic rings. The van der Waals surface area contributed by atoms with Crippen LogP contribution in [0.3, 0.4) is 0 Å². The summed E-state index contributed by atoms with van der Waals surface area (Å²) in [5.74, 6) is 0.756. The van der Waals surface area contributed by atoms with Gasteiger partial charge in [0.25, 0.3) is 0 Å². The van der Waals surface area contributed by atoms with Gasteiger partial charge < -0.3 is 23.9 Å². The molecule has 0 spiro atoms. The number of fused-ring (bicyclic) bond motifs is 1. The van der Waals surface area contributed by atoms with Crippen molar-refractivity contribution >= 4 is 23.3 Å². The number of imidazole rings is 1. The van der Waals surface area contributed by atoms with Gasteiger partial charge in [0.1, 0.15) is 18.3 Å². The van der Waals surface area contributed by atoms with Crippen LogP contribution in [-0.4, -0.2) is 53.1 Å². The molecule has 162 valence electrons. The number of methoxy groups -OCH3 is 2. The summed E-state index contributed by atoms with van der Waals surface area (Å²) in [7, 11) is 2.87. The largest absolute Gasteiger partial charge is 0.493 e. The topological polar surface area (TPSA) is 94.4 Å². The highest BCUT2D eigenvalue weighted by Crippen LogP contribution is 2.31. The third-order valence-electron chi connectivity index (χ3n) is 5.19. The molecule has 0 aliphatic carbocycles. The minimum atomic E-state index is -0.558. The molecule has 2 amide bonds. The first-order valence-corrected chi connectivity index (χ1v) is 9.98. The molecular formula is C22H24N4O5. The maximum Gasteiger partial charge on any atom is 0.410 e. The summed E-state index contributed by atoms with van der Waals surface area (Å²) < 4.78 is 18.0. The third kappa shape index (κ3) is 4.40. The van der Waals surface area contributed by atoms with Crippen molar-refractivity contribution in [3.05, 3.63) is 54.5 Å². The van der Waals surface area contributed by atoms with Gasteiger partial charge in [-0.3, -0.25) is 9.69 Å². The molecule has 2 aromatic heterocycles. The van der Waals surface area contributed by atoms with Crippen LogP contribution in [0.25, 0.3) is 5.65 Å². The van der Waals surface area contributed by atoms with Gasteiger partial charge in [-0.25, -0.2) is 9.78 Å². The molecule has 9 heteroatoms. The second kappa shape index (κ2) is 8.95. The Bertz CT molecular complexity index is 1060. The second-order valence-corrected chi connectivity index (χ2v) is 7.16. The van der Waals surface area contributed by atoms with Crippen molar-refractivity contribution in [1.29, 1.82) is 0 Å². The number of nitrogens with one attached hydrogen (secondary N) is 1. The third-order valence-corrected chi connectivity index (χ3v) is 5.19. The molecule has 1 fully saturated rings. The Morgan fingerprint density at radius 3 is 2.84 bits per heavy atom. The maximum absolute atomic E-state index is 12.7. The first kappa shape index (κ1) is 20.5. The van der Waals surface area contributed by atoms with E-state index >= 15 is 0 Å². The molecular weight excluding hydrogens is 400 g/mol. The van der Waals surface area contributed by atoms with Gasteiger partial charge in [-0.15, -0.1) is 0 Å². The lowest BCUT2D eigenvalue weighted by molar-refractivity contribution is -0.119. The fourth-order valence-corrected chi connectivity index (χ4v) is 3.68. The number of anilines is 1. The van der Waals surface area contributed by atoms with E-state index < -0.39 is 12.1 Å². The minimum absolute atomic E-state index is 0.244. The molecule has 1 aromatic carbocycles. The zero-order chi connectivity index (χ0) is 21.8. The summed E-state index contributed by atoms with van der Waals surface area (Å²) in [5.41, 5.74) is 2.15. The summed E-state index contributed by atoms with van der Waals surface area (Å²) in [5, 5.41) is 2.86. The van der Waals surface area contributed by atoms with Crippen LogP contribution in [0, 0.1) is 0 Å². The van der Waals surface area contributed by atoms with E-state index in [1.165, 1.54) is 12.0 Å². The fraction of sp³-hybridized carbons (Fsp3) is 0.318. The summed E-state index contributed by atoms with van der Waals surface area (Å²) in [6, 6.07) is 10.4. The van der Waals surface area contributed by atoms with Gasteiger partial charge in [-0.2, -0.15) is 0 Å². The van der Waals surface area contributed by atoms with E-state index in [1.807, 2.05) is 35.0 Å². The number of aromatic nitrogens is 2. The number of rotatable bonds is 6. The lowest BCUT2D eigenvalue weighted by Gasteiger charge is -2.22. The van der Waals surface area contributed by atoms with Gasteiger partial charge in [-0.05, 0) is 37.1 Å². The molecule has 31 heavy (non-hydrogen) atoms. The van der Waals surface area contributed by atoms with Crippen molar-refractivity contribution in [3.63, 3.8) is 0 Å². The van der Waals surface area contributed by atoms with E-state index in [0.29, 0.717) is 30.2 Å². The summed E-state index contributed by atoms with van der Waals surface area (Å²) in [6.45, 7) is 0.745. The molecule has 0 radical (unpaired) electrons. The molecule has 0 bridgehead atoms. The molecule has 0 saturated carbocycles. The predicted molar refractivity (Wildman–Crippen MR) is 113 cm³/mol. The van der Waals surface area contributed by atoms with Crippen LogP contribution in [0.5, 0.6) is 11.5 Å². The number of likely N-dealkylation sites (tertiary alicyclic amines) is 1. The molecule has 1 unspecified atom stereocenters. The van der Waals surface area contributed by atoms with Crippen LogP contribution in [0.1, 0.15) is 18.5 Å². The quantitative estimate of drug-likeness (QED) is 0.654. The molecule has 1 saturated heterocycles. The van der Waals surface area contributed by atoms with Gasteiger partial charge in [-0.1, -0.05) is 6.07 Å². The van der Waals surface area contributed by atoms with Crippen molar-refractivity contribution in [2.75, 3.05) is 26.1 Å². The van der Waals surface area contributed by atoms with Gasteiger partial charge in [0.05, 0.1) is 19.9 Å². The van der Waals surface area contributed by atoms with Gasteiger partial charge in [0, 0.05) is 30.7 Å². The number of amides is 2. The number of ether oxygens (including phenoxy) is 3. The number of nitrogens with zero attached hydrogens (tertiary/aromatic N) is 3. The van der Waals surface area contributed by atoms with Gasteiger partial charge >= 0.3 is 6.09 Å². The fourth-order valence-electron chi connectivity index (χ4n) is 3.68. The number of pyridine rings is 1. The second-order valence-electron chi connectivity index (χ2n) is 7.16. The SMILES string of the molecule is COC(=O)N1CCCC1C(=O)Nc1ccc(OC)c(OCc2cn3ccccc3n2)c1. The molecule has 1 N–H and O–H groups in total. The highest BCUT2D eigenvalue weighted by molar-refractivity contribution is 5.97. The summed E-state index contributed by atoms with van der Waals surface area (Å²) in [6.07, 6.45) is 4.67. The summed E-state index contributed by atoms with van der Waals surface area (Å²) in [4.78, 5) is 30.6. The van der Waals surface area contributed by atoms with E-state index in [9.17, 15) is 9.59 Å². The van der Waals surface area contributed by atoms with E-state index in [4.69, 9.17) is 14.2 Å². The van der Waals surface area contributed by atoms with E-state index in [-0.39, 0.29) is 12.5 Å². The standard InChI is InChI=1S/C22H24N4O5/c1-29-18-9-8-15(24-21(27)17-6-5-11-26(17)22(28)30-2)12-19(18)31-14-16-13-25-10-4-3-7-20(25)23-16/h3-4,7-10,12-13,17H,5-6,11,14H2,1-2H3,(H,24,27). The van der Waals surface area contributed by atoms with Crippen LogP contribution in [0.4, 0.5) is 10.5 Å². The van der Waals surface area contributed by atoms with Crippen molar-refractivity contribution in [2.24, 2.45) is 0 Å². The molecule has 1 atom stereocenters. The Morgan fingerprint density at radius 1 is 1.19 bits per heavy atom. The predicted octanol–water partition coefficient (Wildman–Crippen LogP) is 3.09. The number of hydrogen-bond donors (Lipinski definition) is 1. The lowest BCUT2D eigenvalue weighted by atomic mass is 10.2. The monoisotopic (exact) mass is 424 g/mol. The van der Waals surface area contributed by atoms with E-state index in [1.54, 1.807) is 25.3 Å². The van der Waals surface area contributed by atoms with Crippen molar-refractivity contribution in [2.45, 2.75) is 25.5 Å². The number of carbonyl (C=O) groups is 2. The average Bonchev–Trinajstić information content (AvgIpc) is 3.44. The molecule has 3 aromatic rings. The number of hydrogen-bond acceptors (Lipinski definition) is 6. The Morgan fingerprint density at radius 2 is 2.06 bits per heavy atom. The van der Waals surface area contributed by atoms with Crippen LogP contribution >= 0.6 is 0 Å². The average molecular weight is 424 g/mol. The van der Waals surface area contributed by atoms with Crippen LogP contribution < -0.4 is 14.8 Å². The van der Waals surface area contributed by atoms with Crippen molar-refractivity contribution in [1.82, 2.24) is 14.3 Å². The number of benzene rings is 1. The van der Waals surface area contributed by atoms with Gasteiger partial charge in [0.2, 0.25) is 5.91 Å². The molecule has 3 heterocycles. The molecule has 1 aliphatic heterocycles.